The normalized spacial score (nSPS) is 35.4. The zero-order chi connectivity index (χ0) is 43.0. The zero-order valence-electron chi connectivity index (χ0n) is 37.6. The van der Waals surface area contributed by atoms with Crippen LogP contribution in [-0.2, 0) is 23.9 Å². The molecule has 1 aromatic rings. The number of aliphatic hydroxyl groups excluding tert-OH is 1. The lowest BCUT2D eigenvalue weighted by molar-refractivity contribution is -0.235. The SMILES string of the molecule is CC(C)C1=C2[C@H]3CC[C@@H]4[C@@]5(C)CC[C@H](OC(=O)CC(C)(C)C(=O)O)C(C)(C)[C@@H]5CC[C@@]4(C)[C@]3(C)CC[C@@]2([C@H](O)CN(C(=O)CN(C)C)[C@H](C)c2ccccn2)CC1=O. The van der Waals surface area contributed by atoms with Gasteiger partial charge >= 0.3 is 11.9 Å². The Kier molecular flexibility index (Phi) is 11.8. The minimum atomic E-state index is -1.19. The van der Waals surface area contributed by atoms with Gasteiger partial charge in [0.25, 0.3) is 0 Å². The fraction of sp³-hybridized carbons (Fsp3) is 0.771. The Balaban J connectivity index is 1.31. The number of nitrogens with zero attached hydrogens (tertiary/aromatic N) is 3. The van der Waals surface area contributed by atoms with Gasteiger partial charge in [-0.05, 0) is 144 Å². The molecule has 0 aliphatic heterocycles. The number of esters is 1. The topological polar surface area (TPSA) is 137 Å². The average Bonchev–Trinajstić information content (AvgIpc) is 3.44. The van der Waals surface area contributed by atoms with Crippen LogP contribution in [0.15, 0.2) is 35.5 Å². The van der Waals surface area contributed by atoms with Crippen LogP contribution < -0.4 is 0 Å². The number of amides is 1. The Labute approximate surface area is 347 Å². The predicted octanol–water partition coefficient (Wildman–Crippen LogP) is 8.29. The van der Waals surface area contributed by atoms with E-state index in [2.05, 4.69) is 53.5 Å². The van der Waals surface area contributed by atoms with Crippen LogP contribution in [0, 0.1) is 56.2 Å². The minimum Gasteiger partial charge on any atom is -0.481 e. The molecule has 5 aliphatic carbocycles. The molecule has 0 spiro atoms. The monoisotopic (exact) mass is 804 g/mol. The Bertz CT molecular complexity index is 1800. The van der Waals surface area contributed by atoms with Gasteiger partial charge in [0, 0.05) is 30.0 Å². The number of carbonyl (C=O) groups excluding carboxylic acids is 3. The predicted molar refractivity (Wildman–Crippen MR) is 224 cm³/mol. The molecule has 10 heteroatoms. The summed E-state index contributed by atoms with van der Waals surface area (Å²) < 4.78 is 6.18. The summed E-state index contributed by atoms with van der Waals surface area (Å²) in [6.45, 7) is 21.7. The van der Waals surface area contributed by atoms with Crippen molar-refractivity contribution in [1.82, 2.24) is 14.8 Å². The van der Waals surface area contributed by atoms with Crippen molar-refractivity contribution >= 4 is 23.6 Å². The third-order valence-corrected chi connectivity index (χ3v) is 17.2. The fourth-order valence-corrected chi connectivity index (χ4v) is 13.9. The Hall–Kier alpha value is -3.11. The van der Waals surface area contributed by atoms with E-state index in [4.69, 9.17) is 4.74 Å². The molecule has 1 heterocycles. The van der Waals surface area contributed by atoms with E-state index in [1.807, 2.05) is 44.1 Å². The van der Waals surface area contributed by atoms with Gasteiger partial charge in [-0.3, -0.25) is 24.2 Å². The first-order chi connectivity index (χ1) is 26.9. The number of hydrogen-bond donors (Lipinski definition) is 2. The minimum absolute atomic E-state index is 0.0113. The number of ether oxygens (including phenoxy) is 1. The number of aliphatic carboxylic acids is 1. The lowest BCUT2D eigenvalue weighted by atomic mass is 9.33. The van der Waals surface area contributed by atoms with Gasteiger partial charge in [-0.15, -0.1) is 0 Å². The van der Waals surface area contributed by atoms with Crippen molar-refractivity contribution in [3.05, 3.63) is 41.2 Å². The third kappa shape index (κ3) is 7.07. The number of carbonyl (C=O) groups is 4. The van der Waals surface area contributed by atoms with Gasteiger partial charge < -0.3 is 24.7 Å². The van der Waals surface area contributed by atoms with E-state index in [0.29, 0.717) is 18.3 Å². The molecule has 58 heavy (non-hydrogen) atoms. The molecular weight excluding hydrogens is 731 g/mol. The lowest BCUT2D eigenvalue weighted by Gasteiger charge is -2.72. The quantitative estimate of drug-likeness (QED) is 0.200. The lowest BCUT2D eigenvalue weighted by Crippen LogP contribution is -2.66. The summed E-state index contributed by atoms with van der Waals surface area (Å²) >= 11 is 0. The number of carboxylic acid groups (broad SMARTS) is 1. The molecule has 0 bridgehead atoms. The largest absolute Gasteiger partial charge is 0.481 e. The van der Waals surface area contributed by atoms with E-state index in [1.165, 1.54) is 5.57 Å². The second-order valence-corrected chi connectivity index (χ2v) is 21.8. The van der Waals surface area contributed by atoms with Gasteiger partial charge in [0.1, 0.15) is 6.10 Å². The maximum atomic E-state index is 14.4. The molecule has 10 atom stereocenters. The van der Waals surface area contributed by atoms with Gasteiger partial charge in [0.15, 0.2) is 5.78 Å². The first-order valence-electron chi connectivity index (χ1n) is 22.1. The molecule has 2 N–H and O–H groups in total. The van der Waals surface area contributed by atoms with E-state index < -0.39 is 28.9 Å². The van der Waals surface area contributed by atoms with E-state index in [0.717, 1.165) is 56.2 Å². The molecule has 4 fully saturated rings. The van der Waals surface area contributed by atoms with Crippen molar-refractivity contribution in [2.75, 3.05) is 27.2 Å². The molecule has 322 valence electrons. The molecular formula is C48H73N3O7. The molecule has 0 saturated heterocycles. The van der Waals surface area contributed by atoms with Gasteiger partial charge in [0.05, 0.1) is 36.2 Å². The van der Waals surface area contributed by atoms with Gasteiger partial charge in [-0.1, -0.05) is 60.1 Å². The summed E-state index contributed by atoms with van der Waals surface area (Å²) in [7, 11) is 3.75. The van der Waals surface area contributed by atoms with Crippen LogP contribution in [-0.4, -0.2) is 88.0 Å². The first-order valence-corrected chi connectivity index (χ1v) is 22.1. The van der Waals surface area contributed by atoms with Crippen molar-refractivity contribution in [3.8, 4) is 0 Å². The van der Waals surface area contributed by atoms with Crippen LogP contribution in [0.3, 0.4) is 0 Å². The number of carboxylic acids is 1. The maximum Gasteiger partial charge on any atom is 0.309 e. The van der Waals surface area contributed by atoms with Crippen LogP contribution in [0.1, 0.15) is 145 Å². The van der Waals surface area contributed by atoms with Crippen molar-refractivity contribution in [2.24, 2.45) is 56.2 Å². The highest BCUT2D eigenvalue weighted by molar-refractivity contribution is 6.01. The number of allylic oxidation sites excluding steroid dienone is 1. The number of hydrogen-bond acceptors (Lipinski definition) is 8. The number of fused-ring (bicyclic) bond motifs is 7. The molecule has 0 aromatic carbocycles. The Morgan fingerprint density at radius 1 is 0.931 bits per heavy atom. The van der Waals surface area contributed by atoms with Crippen molar-refractivity contribution in [1.29, 1.82) is 0 Å². The van der Waals surface area contributed by atoms with Crippen molar-refractivity contribution in [2.45, 2.75) is 152 Å². The van der Waals surface area contributed by atoms with Gasteiger partial charge in [0.2, 0.25) is 5.91 Å². The summed E-state index contributed by atoms with van der Waals surface area (Å²) in [5, 5.41) is 22.4. The number of pyridine rings is 1. The van der Waals surface area contributed by atoms with E-state index >= 15 is 0 Å². The second-order valence-electron chi connectivity index (χ2n) is 21.8. The highest BCUT2D eigenvalue weighted by Crippen LogP contribution is 2.77. The van der Waals surface area contributed by atoms with E-state index in [1.54, 1.807) is 24.9 Å². The number of ketones is 1. The molecule has 0 unspecified atom stereocenters. The number of rotatable bonds is 12. The molecule has 6 rings (SSSR count). The molecule has 4 saturated carbocycles. The number of aromatic nitrogens is 1. The van der Waals surface area contributed by atoms with Crippen LogP contribution in [0.2, 0.25) is 0 Å². The van der Waals surface area contributed by atoms with Crippen molar-refractivity contribution < 1.29 is 34.1 Å². The van der Waals surface area contributed by atoms with Crippen LogP contribution in [0.4, 0.5) is 0 Å². The summed E-state index contributed by atoms with van der Waals surface area (Å²) in [4.78, 5) is 61.5. The van der Waals surface area contributed by atoms with Crippen LogP contribution >= 0.6 is 0 Å². The smallest absolute Gasteiger partial charge is 0.309 e. The van der Waals surface area contributed by atoms with Gasteiger partial charge in [-0.25, -0.2) is 0 Å². The van der Waals surface area contributed by atoms with Crippen molar-refractivity contribution in [3.63, 3.8) is 0 Å². The summed E-state index contributed by atoms with van der Waals surface area (Å²) in [5.74, 6) is -0.443. The fourth-order valence-electron chi connectivity index (χ4n) is 13.9. The molecule has 5 aliphatic rings. The first kappa shape index (κ1) is 44.4. The van der Waals surface area contributed by atoms with Crippen LogP contribution in [0.25, 0.3) is 0 Å². The van der Waals surface area contributed by atoms with Crippen LogP contribution in [0.5, 0.6) is 0 Å². The standard InChI is InChI=1S/C48H73N3O7/c1-29(2)40-33(52)25-48(36(53)27-51(38(54)28-50(11)12)30(3)32-15-13-14-24-49-32)23-22-46(9)31(41(40)48)16-17-35-45(8)20-19-37(58-39(55)26-43(4,5)42(56)57)44(6,7)34(45)18-21-47(35,46)10/h13-15,24,29-31,34-37,53H,16-23,25-28H2,1-12H3,(H,56,57)/t30-,31-,34+,35-,36-,37+,45+,46-,47-,48+/m1/s1. The molecule has 0 radical (unpaired) electrons. The summed E-state index contributed by atoms with van der Waals surface area (Å²) in [6, 6.07) is 5.36. The summed E-state index contributed by atoms with van der Waals surface area (Å²) in [5.41, 5.74) is 0.549. The second kappa shape index (κ2) is 15.4. The maximum absolute atomic E-state index is 14.4. The Morgan fingerprint density at radius 2 is 1.62 bits per heavy atom. The Morgan fingerprint density at radius 3 is 2.22 bits per heavy atom. The average molecular weight is 804 g/mol. The molecule has 10 nitrogen and oxygen atoms in total. The highest BCUT2D eigenvalue weighted by atomic mass is 16.5. The summed E-state index contributed by atoms with van der Waals surface area (Å²) in [6.07, 6.45) is 7.97. The molecule has 1 amide bonds. The third-order valence-electron chi connectivity index (χ3n) is 17.2. The molecule has 1 aromatic heterocycles. The van der Waals surface area contributed by atoms with E-state index in [-0.39, 0.29) is 83.3 Å². The van der Waals surface area contributed by atoms with E-state index in [9.17, 15) is 29.4 Å². The number of likely N-dealkylation sites (N-methyl/N-ethyl adjacent to an activating group) is 1. The zero-order valence-corrected chi connectivity index (χ0v) is 37.6. The highest BCUT2D eigenvalue weighted by Gasteiger charge is 2.71. The van der Waals surface area contributed by atoms with Gasteiger partial charge in [-0.2, -0.15) is 0 Å². The number of aliphatic hydroxyl groups is 1. The number of Topliss-reactive ketones (excluding diaryl/α,β-unsaturated/α-hetero) is 1.